The van der Waals surface area contributed by atoms with Crippen LogP contribution >= 0.6 is 11.6 Å². The lowest BCUT2D eigenvalue weighted by atomic mass is 9.95. The van der Waals surface area contributed by atoms with E-state index in [4.69, 9.17) is 16.3 Å². The van der Waals surface area contributed by atoms with Crippen LogP contribution in [0.3, 0.4) is 0 Å². The lowest BCUT2D eigenvalue weighted by molar-refractivity contribution is -0.132. The van der Waals surface area contributed by atoms with E-state index in [9.17, 15) is 19.1 Å². The quantitative estimate of drug-likeness (QED) is 0.316. The number of amides is 1. The lowest BCUT2D eigenvalue weighted by Crippen LogP contribution is -2.29. The third kappa shape index (κ3) is 3.97. The summed E-state index contributed by atoms with van der Waals surface area (Å²) in [7, 11) is 0. The first-order chi connectivity index (χ1) is 15.4. The minimum absolute atomic E-state index is 0.0924. The molecule has 1 saturated heterocycles. The molecule has 1 unspecified atom stereocenters. The van der Waals surface area contributed by atoms with Gasteiger partial charge in [-0.15, -0.1) is 0 Å². The highest BCUT2D eigenvalue weighted by Crippen LogP contribution is 2.42. The topological polar surface area (TPSA) is 66.8 Å². The van der Waals surface area contributed by atoms with Crippen LogP contribution in [0.2, 0.25) is 5.02 Å². The van der Waals surface area contributed by atoms with Crippen LogP contribution in [-0.4, -0.2) is 23.4 Å². The molecular formula is C25H19ClFNO4. The van der Waals surface area contributed by atoms with Gasteiger partial charge in [0.2, 0.25) is 0 Å². The van der Waals surface area contributed by atoms with Gasteiger partial charge in [-0.2, -0.15) is 0 Å². The number of anilines is 1. The molecule has 1 aliphatic heterocycles. The van der Waals surface area contributed by atoms with Crippen LogP contribution in [0.15, 0.2) is 78.4 Å². The van der Waals surface area contributed by atoms with Crippen LogP contribution in [0.5, 0.6) is 5.75 Å². The predicted molar refractivity (Wildman–Crippen MR) is 120 cm³/mol. The summed E-state index contributed by atoms with van der Waals surface area (Å²) >= 11 is 5.98. The monoisotopic (exact) mass is 451 g/mol. The number of rotatable bonds is 5. The molecule has 7 heteroatoms. The SMILES string of the molecule is CCOc1cccc(/C(O)=C2/C(=O)C(=O)N(c3ccc(Cl)cc3)C2c2ccc(F)cc2)c1. The van der Waals surface area contributed by atoms with Crippen molar-refractivity contribution in [3.05, 3.63) is 100 Å². The van der Waals surface area contributed by atoms with Gasteiger partial charge in [0.25, 0.3) is 11.7 Å². The van der Waals surface area contributed by atoms with E-state index in [1.54, 1.807) is 48.5 Å². The van der Waals surface area contributed by atoms with Crippen molar-refractivity contribution in [1.82, 2.24) is 0 Å². The molecule has 4 rings (SSSR count). The van der Waals surface area contributed by atoms with Crippen molar-refractivity contribution < 1.29 is 23.8 Å². The number of aliphatic hydroxyl groups excluding tert-OH is 1. The van der Waals surface area contributed by atoms with E-state index in [0.717, 1.165) is 0 Å². The number of Topliss-reactive ketones (excluding diaryl/α,β-unsaturated/α-hetero) is 1. The number of aliphatic hydroxyl groups is 1. The Hall–Kier alpha value is -3.64. The molecule has 0 aromatic heterocycles. The largest absolute Gasteiger partial charge is 0.507 e. The highest BCUT2D eigenvalue weighted by Gasteiger charge is 2.47. The molecule has 0 radical (unpaired) electrons. The second kappa shape index (κ2) is 8.85. The molecule has 5 nitrogen and oxygen atoms in total. The van der Waals surface area contributed by atoms with Crippen molar-refractivity contribution in [2.75, 3.05) is 11.5 Å². The van der Waals surface area contributed by atoms with E-state index in [-0.39, 0.29) is 11.3 Å². The molecule has 1 aliphatic rings. The maximum Gasteiger partial charge on any atom is 0.300 e. The van der Waals surface area contributed by atoms with Gasteiger partial charge in [-0.25, -0.2) is 4.39 Å². The van der Waals surface area contributed by atoms with Crippen LogP contribution in [0, 0.1) is 5.82 Å². The molecule has 162 valence electrons. The Labute approximate surface area is 189 Å². The van der Waals surface area contributed by atoms with Crippen LogP contribution < -0.4 is 9.64 Å². The molecule has 0 saturated carbocycles. The summed E-state index contributed by atoms with van der Waals surface area (Å²) in [6.07, 6.45) is 0. The summed E-state index contributed by atoms with van der Waals surface area (Å²) in [6, 6.07) is 17.6. The number of nitrogens with zero attached hydrogens (tertiary/aromatic N) is 1. The summed E-state index contributed by atoms with van der Waals surface area (Å²) in [5, 5.41) is 11.6. The van der Waals surface area contributed by atoms with Gasteiger partial charge in [0, 0.05) is 16.3 Å². The average Bonchev–Trinajstić information content (AvgIpc) is 3.05. The zero-order chi connectivity index (χ0) is 22.8. The van der Waals surface area contributed by atoms with Gasteiger partial charge in [-0.1, -0.05) is 35.9 Å². The van der Waals surface area contributed by atoms with Gasteiger partial charge in [0.05, 0.1) is 18.2 Å². The van der Waals surface area contributed by atoms with E-state index in [1.165, 1.54) is 29.2 Å². The highest BCUT2D eigenvalue weighted by molar-refractivity contribution is 6.51. The fourth-order valence-electron chi connectivity index (χ4n) is 3.72. The summed E-state index contributed by atoms with van der Waals surface area (Å²) in [5.74, 6) is -1.92. The summed E-state index contributed by atoms with van der Waals surface area (Å²) in [6.45, 7) is 2.26. The molecule has 0 spiro atoms. The molecule has 1 atom stereocenters. The van der Waals surface area contributed by atoms with E-state index in [1.807, 2.05) is 6.92 Å². The first-order valence-electron chi connectivity index (χ1n) is 9.96. The zero-order valence-corrected chi connectivity index (χ0v) is 17.8. The van der Waals surface area contributed by atoms with Crippen molar-refractivity contribution in [2.24, 2.45) is 0 Å². The number of carbonyl (C=O) groups excluding carboxylic acids is 2. The zero-order valence-electron chi connectivity index (χ0n) is 17.1. The molecular weight excluding hydrogens is 433 g/mol. The number of ketones is 1. The summed E-state index contributed by atoms with van der Waals surface area (Å²) in [4.78, 5) is 27.4. The molecule has 1 amide bonds. The van der Waals surface area contributed by atoms with E-state index in [0.29, 0.717) is 34.2 Å². The molecule has 1 N–H and O–H groups in total. The predicted octanol–water partition coefficient (Wildman–Crippen LogP) is 5.50. The van der Waals surface area contributed by atoms with Crippen molar-refractivity contribution in [3.8, 4) is 5.75 Å². The first-order valence-corrected chi connectivity index (χ1v) is 10.3. The van der Waals surface area contributed by atoms with Crippen LogP contribution in [0.25, 0.3) is 5.76 Å². The van der Waals surface area contributed by atoms with Gasteiger partial charge in [-0.3, -0.25) is 14.5 Å². The summed E-state index contributed by atoms with van der Waals surface area (Å²) in [5.41, 5.74) is 1.14. The fraction of sp³-hybridized carbons (Fsp3) is 0.120. The number of halogens is 2. The Bertz CT molecular complexity index is 1210. The number of ether oxygens (including phenoxy) is 1. The normalized spacial score (nSPS) is 17.6. The van der Waals surface area contributed by atoms with Gasteiger partial charge in [0.15, 0.2) is 0 Å². The third-order valence-electron chi connectivity index (χ3n) is 5.15. The maximum absolute atomic E-state index is 13.6. The highest BCUT2D eigenvalue weighted by atomic mass is 35.5. The Morgan fingerprint density at radius 3 is 2.41 bits per heavy atom. The van der Waals surface area contributed by atoms with E-state index < -0.39 is 23.5 Å². The van der Waals surface area contributed by atoms with Crippen molar-refractivity contribution in [1.29, 1.82) is 0 Å². The first kappa shape index (κ1) is 21.6. The molecule has 3 aromatic rings. The smallest absolute Gasteiger partial charge is 0.300 e. The summed E-state index contributed by atoms with van der Waals surface area (Å²) < 4.78 is 19.1. The fourth-order valence-corrected chi connectivity index (χ4v) is 3.84. The Morgan fingerprint density at radius 2 is 1.75 bits per heavy atom. The molecule has 3 aromatic carbocycles. The van der Waals surface area contributed by atoms with Gasteiger partial charge in [0.1, 0.15) is 17.3 Å². The second-order valence-electron chi connectivity index (χ2n) is 7.16. The minimum atomic E-state index is -0.951. The lowest BCUT2D eigenvalue weighted by Gasteiger charge is -2.25. The number of hydrogen-bond acceptors (Lipinski definition) is 4. The molecule has 1 heterocycles. The molecule has 0 aliphatic carbocycles. The average molecular weight is 452 g/mol. The van der Waals surface area contributed by atoms with Gasteiger partial charge in [-0.05, 0) is 61.0 Å². The van der Waals surface area contributed by atoms with Crippen molar-refractivity contribution in [3.63, 3.8) is 0 Å². The number of hydrogen-bond donors (Lipinski definition) is 1. The van der Waals surface area contributed by atoms with Crippen molar-refractivity contribution >= 4 is 34.7 Å². The number of carbonyl (C=O) groups is 2. The Balaban J connectivity index is 1.91. The standard InChI is InChI=1S/C25H19ClFNO4/c1-2-32-20-5-3-4-16(14-20)23(29)21-22(15-6-10-18(27)11-7-15)28(25(31)24(21)30)19-12-8-17(26)9-13-19/h3-14,22,29H,2H2,1H3/b23-21-. The van der Waals surface area contributed by atoms with Crippen LogP contribution in [-0.2, 0) is 9.59 Å². The number of benzene rings is 3. The van der Waals surface area contributed by atoms with E-state index >= 15 is 0 Å². The second-order valence-corrected chi connectivity index (χ2v) is 7.59. The Kier molecular flexibility index (Phi) is 5.97. The third-order valence-corrected chi connectivity index (χ3v) is 5.41. The molecule has 32 heavy (non-hydrogen) atoms. The minimum Gasteiger partial charge on any atom is -0.507 e. The molecule has 1 fully saturated rings. The Morgan fingerprint density at radius 1 is 1.06 bits per heavy atom. The van der Waals surface area contributed by atoms with Gasteiger partial charge >= 0.3 is 0 Å². The molecule has 0 bridgehead atoms. The van der Waals surface area contributed by atoms with E-state index in [2.05, 4.69) is 0 Å². The van der Waals surface area contributed by atoms with Crippen LogP contribution in [0.1, 0.15) is 24.1 Å². The maximum atomic E-state index is 13.6. The van der Waals surface area contributed by atoms with Crippen LogP contribution in [0.4, 0.5) is 10.1 Å². The van der Waals surface area contributed by atoms with Crippen molar-refractivity contribution in [2.45, 2.75) is 13.0 Å². The van der Waals surface area contributed by atoms with Gasteiger partial charge < -0.3 is 9.84 Å².